The van der Waals surface area contributed by atoms with Crippen molar-refractivity contribution in [3.8, 4) is 0 Å². The van der Waals surface area contributed by atoms with Crippen LogP contribution >= 0.6 is 0 Å². The van der Waals surface area contributed by atoms with Crippen LogP contribution in [0.2, 0.25) is 0 Å². The molecular formula is C13H16N4O4. The Balaban J connectivity index is 1.97. The van der Waals surface area contributed by atoms with Crippen molar-refractivity contribution in [2.75, 3.05) is 24.5 Å². The number of aromatic carboxylic acids is 1. The van der Waals surface area contributed by atoms with Gasteiger partial charge in [0.25, 0.3) is 0 Å². The number of nitrogens with two attached hydrogens (primary N) is 1. The molecule has 0 unspecified atom stereocenters. The van der Waals surface area contributed by atoms with Gasteiger partial charge in [-0.05, 0) is 30.2 Å². The number of carbonyl (C=O) groups is 3. The smallest absolute Gasteiger partial charge is 0.335 e. The number of carbonyl (C=O) groups excluding carboxylic acids is 2. The highest BCUT2D eigenvalue weighted by atomic mass is 16.4. The van der Waals surface area contributed by atoms with Crippen LogP contribution in [-0.2, 0) is 6.42 Å². The lowest BCUT2D eigenvalue weighted by molar-refractivity contribution is 0.0696. The van der Waals surface area contributed by atoms with E-state index in [1.165, 1.54) is 6.07 Å². The summed E-state index contributed by atoms with van der Waals surface area (Å²) in [7, 11) is 0. The molecule has 0 aromatic heterocycles. The molecule has 0 atom stereocenters. The number of anilines is 1. The molecule has 8 heteroatoms. The van der Waals surface area contributed by atoms with Crippen molar-refractivity contribution in [3.05, 3.63) is 29.3 Å². The Morgan fingerprint density at radius 2 is 1.95 bits per heavy atom. The molecule has 1 aliphatic rings. The van der Waals surface area contributed by atoms with Gasteiger partial charge in [0.1, 0.15) is 0 Å². The van der Waals surface area contributed by atoms with Gasteiger partial charge in [-0.2, -0.15) is 0 Å². The molecule has 112 valence electrons. The van der Waals surface area contributed by atoms with Crippen LogP contribution in [0.5, 0.6) is 0 Å². The first kappa shape index (κ1) is 14.6. The monoisotopic (exact) mass is 292 g/mol. The molecule has 0 fully saturated rings. The second-order valence-electron chi connectivity index (χ2n) is 4.57. The molecule has 0 radical (unpaired) electrons. The average molecular weight is 292 g/mol. The lowest BCUT2D eigenvalue weighted by atomic mass is 10.1. The molecule has 5 N–H and O–H groups in total. The van der Waals surface area contributed by atoms with E-state index >= 15 is 0 Å². The zero-order valence-corrected chi connectivity index (χ0v) is 11.3. The summed E-state index contributed by atoms with van der Waals surface area (Å²) in [6.45, 7) is 1.01. The molecule has 1 aromatic carbocycles. The Morgan fingerprint density at radius 3 is 2.62 bits per heavy atom. The number of urea groups is 2. The number of carboxylic acid groups (broad SMARTS) is 1. The Hall–Kier alpha value is -2.77. The third-order valence-electron chi connectivity index (χ3n) is 3.17. The lowest BCUT2D eigenvalue weighted by Crippen LogP contribution is -2.43. The minimum atomic E-state index is -0.988. The highest BCUT2D eigenvalue weighted by Gasteiger charge is 2.25. The van der Waals surface area contributed by atoms with E-state index in [0.29, 0.717) is 18.7 Å². The van der Waals surface area contributed by atoms with Gasteiger partial charge in [-0.3, -0.25) is 4.90 Å². The lowest BCUT2D eigenvalue weighted by Gasteiger charge is -2.18. The third-order valence-corrected chi connectivity index (χ3v) is 3.17. The number of nitrogens with zero attached hydrogens (tertiary/aromatic N) is 1. The number of primary amides is 1. The fraction of sp³-hybridized carbons (Fsp3) is 0.308. The summed E-state index contributed by atoms with van der Waals surface area (Å²) in [6, 6.07) is 3.76. The number of benzene rings is 1. The molecular weight excluding hydrogens is 276 g/mol. The Labute approximate surface area is 120 Å². The SMILES string of the molecule is NC(=O)NCCNC(=O)N1CCc2cc(C(=O)O)ccc21. The standard InChI is InChI=1S/C13H16N4O4/c14-12(20)15-4-5-16-13(21)17-6-3-8-7-9(11(18)19)1-2-10(8)17/h1-2,7H,3-6H2,(H,16,21)(H,18,19)(H3,14,15,20). The number of hydrogen-bond donors (Lipinski definition) is 4. The molecule has 0 aliphatic carbocycles. The first-order chi connectivity index (χ1) is 9.99. The van der Waals surface area contributed by atoms with Crippen LogP contribution in [0.25, 0.3) is 0 Å². The normalized spacial score (nSPS) is 12.7. The summed E-state index contributed by atoms with van der Waals surface area (Å²) in [5.74, 6) is -0.988. The topological polar surface area (TPSA) is 125 Å². The van der Waals surface area contributed by atoms with Gasteiger partial charge in [-0.25, -0.2) is 14.4 Å². The third kappa shape index (κ3) is 3.41. The number of nitrogens with one attached hydrogen (secondary N) is 2. The van der Waals surface area contributed by atoms with Crippen LogP contribution in [0, 0.1) is 0 Å². The summed E-state index contributed by atoms with van der Waals surface area (Å²) in [5.41, 5.74) is 6.66. The molecule has 0 bridgehead atoms. The van der Waals surface area contributed by atoms with Gasteiger partial charge in [0.2, 0.25) is 0 Å². The second kappa shape index (κ2) is 6.12. The second-order valence-corrected chi connectivity index (χ2v) is 4.57. The first-order valence-electron chi connectivity index (χ1n) is 6.44. The molecule has 2 rings (SSSR count). The van der Waals surface area contributed by atoms with E-state index in [1.54, 1.807) is 17.0 Å². The summed E-state index contributed by atoms with van der Waals surface area (Å²) in [5, 5.41) is 14.0. The van der Waals surface area contributed by atoms with Gasteiger partial charge in [-0.1, -0.05) is 0 Å². The fourth-order valence-corrected chi connectivity index (χ4v) is 2.20. The van der Waals surface area contributed by atoms with Gasteiger partial charge in [0.05, 0.1) is 5.56 Å². The van der Waals surface area contributed by atoms with Crippen LogP contribution in [0.15, 0.2) is 18.2 Å². The zero-order chi connectivity index (χ0) is 15.4. The van der Waals surface area contributed by atoms with Crippen LogP contribution < -0.4 is 21.3 Å². The van der Waals surface area contributed by atoms with E-state index in [-0.39, 0.29) is 24.7 Å². The molecule has 21 heavy (non-hydrogen) atoms. The van der Waals surface area contributed by atoms with Crippen molar-refractivity contribution in [2.45, 2.75) is 6.42 Å². The van der Waals surface area contributed by atoms with Crippen molar-refractivity contribution >= 4 is 23.7 Å². The molecule has 1 heterocycles. The quantitative estimate of drug-likeness (QED) is 0.588. The molecule has 0 spiro atoms. The molecule has 8 nitrogen and oxygen atoms in total. The number of rotatable bonds is 4. The summed E-state index contributed by atoms with van der Waals surface area (Å²) < 4.78 is 0. The number of amides is 4. The van der Waals surface area contributed by atoms with Crippen LogP contribution in [-0.4, -0.2) is 42.8 Å². The number of carboxylic acids is 1. The van der Waals surface area contributed by atoms with E-state index in [4.69, 9.17) is 10.8 Å². The van der Waals surface area contributed by atoms with E-state index in [0.717, 1.165) is 5.56 Å². The van der Waals surface area contributed by atoms with Crippen LogP contribution in [0.4, 0.5) is 15.3 Å². The molecule has 1 aromatic rings. The van der Waals surface area contributed by atoms with Crippen molar-refractivity contribution in [1.29, 1.82) is 0 Å². The predicted octanol–water partition coefficient (Wildman–Crippen LogP) is 0.125. The van der Waals surface area contributed by atoms with Gasteiger partial charge in [0, 0.05) is 25.3 Å². The van der Waals surface area contributed by atoms with Crippen molar-refractivity contribution < 1.29 is 19.5 Å². The van der Waals surface area contributed by atoms with Gasteiger partial charge in [0.15, 0.2) is 0 Å². The number of hydrogen-bond acceptors (Lipinski definition) is 3. The van der Waals surface area contributed by atoms with Gasteiger partial charge < -0.3 is 21.5 Å². The maximum atomic E-state index is 12.0. The Kier molecular flexibility index (Phi) is 4.27. The van der Waals surface area contributed by atoms with Crippen molar-refractivity contribution in [3.63, 3.8) is 0 Å². The summed E-state index contributed by atoms with van der Waals surface area (Å²) in [4.78, 5) is 35.0. The maximum Gasteiger partial charge on any atom is 0.335 e. The van der Waals surface area contributed by atoms with E-state index in [1.807, 2.05) is 0 Å². The van der Waals surface area contributed by atoms with Crippen LogP contribution in [0.3, 0.4) is 0 Å². The Bertz CT molecular complexity index is 588. The molecule has 4 amide bonds. The minimum Gasteiger partial charge on any atom is -0.478 e. The van der Waals surface area contributed by atoms with Crippen molar-refractivity contribution in [1.82, 2.24) is 10.6 Å². The Morgan fingerprint density at radius 1 is 1.24 bits per heavy atom. The summed E-state index contributed by atoms with van der Waals surface area (Å²) >= 11 is 0. The van der Waals surface area contributed by atoms with Gasteiger partial charge >= 0.3 is 18.0 Å². The summed E-state index contributed by atoms with van der Waals surface area (Å²) in [6.07, 6.45) is 0.614. The molecule has 0 saturated carbocycles. The van der Waals surface area contributed by atoms with Gasteiger partial charge in [-0.15, -0.1) is 0 Å². The first-order valence-corrected chi connectivity index (χ1v) is 6.44. The van der Waals surface area contributed by atoms with Crippen molar-refractivity contribution in [2.24, 2.45) is 5.73 Å². The van der Waals surface area contributed by atoms with E-state index in [2.05, 4.69) is 10.6 Å². The predicted molar refractivity (Wildman–Crippen MR) is 75.4 cm³/mol. The minimum absolute atomic E-state index is 0.210. The van der Waals surface area contributed by atoms with E-state index < -0.39 is 12.0 Å². The molecule has 1 aliphatic heterocycles. The molecule has 0 saturated heterocycles. The largest absolute Gasteiger partial charge is 0.478 e. The maximum absolute atomic E-state index is 12.0. The average Bonchev–Trinajstić information content (AvgIpc) is 2.86. The van der Waals surface area contributed by atoms with E-state index in [9.17, 15) is 14.4 Å². The highest BCUT2D eigenvalue weighted by Crippen LogP contribution is 2.28. The fourth-order valence-electron chi connectivity index (χ4n) is 2.20. The highest BCUT2D eigenvalue weighted by molar-refractivity contribution is 5.96. The number of fused-ring (bicyclic) bond motifs is 1. The zero-order valence-electron chi connectivity index (χ0n) is 11.3. The van der Waals surface area contributed by atoms with Crippen LogP contribution in [0.1, 0.15) is 15.9 Å².